The topological polar surface area (TPSA) is 92.4 Å². The lowest BCUT2D eigenvalue weighted by atomic mass is 9.75. The van der Waals surface area contributed by atoms with Crippen LogP contribution in [0.5, 0.6) is 0 Å². The van der Waals surface area contributed by atoms with Crippen LogP contribution >= 0.6 is 34.0 Å². The number of nitrogens with zero attached hydrogens (tertiary/aromatic N) is 8. The van der Waals surface area contributed by atoms with Gasteiger partial charge < -0.3 is 18.1 Å². The SMILES string of the molecule is Cn1c(-c2ccccc2)cnc1-c1cccc(-c2ccc3c(c2)c2cc(-c4cccc(-c5ncc(-c6ccccc6)n5C)c4)ccc2n3-c2cc(-c3ncc(-c4ccccc4)s3)c3oc4c(c3c2)C=C(c2ncc(-c3ccccc3)s2)CC4(C)c2ncc(-c3ccccc3)s2)c1. The lowest BCUT2D eigenvalue weighted by molar-refractivity contribution is 0.428. The molecule has 7 aromatic heterocycles. The fourth-order valence-corrected chi connectivity index (χ4v) is 17.0. The van der Waals surface area contributed by atoms with Crippen LogP contribution in [0, 0.1) is 0 Å². The van der Waals surface area contributed by atoms with E-state index in [2.05, 4.69) is 277 Å². The lowest BCUT2D eigenvalue weighted by Crippen LogP contribution is -2.26. The quantitative estimate of drug-likeness (QED) is 0.114. The summed E-state index contributed by atoms with van der Waals surface area (Å²) in [6.45, 7) is 2.31. The molecule has 18 rings (SSSR count). The van der Waals surface area contributed by atoms with E-state index in [1.165, 1.54) is 0 Å². The maximum absolute atomic E-state index is 7.61. The van der Waals surface area contributed by atoms with E-state index in [0.717, 1.165) is 175 Å². The van der Waals surface area contributed by atoms with Gasteiger partial charge in [0.25, 0.3) is 0 Å². The van der Waals surface area contributed by atoms with E-state index in [0.29, 0.717) is 6.42 Å². The number of rotatable bonds is 13. The molecule has 1 aliphatic carbocycles. The second-order valence-corrected chi connectivity index (χ2v) is 27.9. The van der Waals surface area contributed by atoms with Gasteiger partial charge in [-0.3, -0.25) is 0 Å². The maximum Gasteiger partial charge on any atom is 0.145 e. The molecule has 0 N–H and O–H groups in total. The van der Waals surface area contributed by atoms with Gasteiger partial charge in [-0.25, -0.2) is 24.9 Å². The summed E-state index contributed by atoms with van der Waals surface area (Å²) in [5, 5.41) is 6.04. The first-order valence-electron chi connectivity index (χ1n) is 32.1. The molecule has 17 aromatic rings. The van der Waals surface area contributed by atoms with Crippen LogP contribution in [-0.2, 0) is 19.5 Å². The summed E-state index contributed by atoms with van der Waals surface area (Å²) in [7, 11) is 4.20. The van der Waals surface area contributed by atoms with Crippen LogP contribution < -0.4 is 0 Å². The molecule has 1 aliphatic rings. The first kappa shape index (κ1) is 57.3. The van der Waals surface area contributed by atoms with Gasteiger partial charge in [0.15, 0.2) is 0 Å². The molecule has 1 unspecified atom stereocenters. The highest BCUT2D eigenvalue weighted by molar-refractivity contribution is 7.18. The van der Waals surface area contributed by atoms with E-state index in [1.807, 2.05) is 43.1 Å². The Morgan fingerprint density at radius 3 is 1.34 bits per heavy atom. The molecule has 0 saturated carbocycles. The fourth-order valence-electron chi connectivity index (χ4n) is 14.0. The van der Waals surface area contributed by atoms with Crippen molar-refractivity contribution in [2.24, 2.45) is 14.1 Å². The largest absolute Gasteiger partial charge is 0.459 e. The minimum absolute atomic E-state index is 0.636. The second kappa shape index (κ2) is 23.3. The molecule has 458 valence electrons. The van der Waals surface area contributed by atoms with E-state index in [-0.39, 0.29) is 0 Å². The van der Waals surface area contributed by atoms with Gasteiger partial charge in [-0.1, -0.05) is 200 Å². The van der Waals surface area contributed by atoms with Gasteiger partial charge in [0, 0.05) is 71.2 Å². The van der Waals surface area contributed by atoms with E-state index in [4.69, 9.17) is 29.3 Å². The first-order valence-corrected chi connectivity index (χ1v) is 34.5. The molecular weight excluding hydrogens is 1230 g/mol. The average Bonchev–Trinajstić information content (AvgIpc) is 1.55. The van der Waals surface area contributed by atoms with Gasteiger partial charge in [-0.15, -0.1) is 34.0 Å². The van der Waals surface area contributed by atoms with Crippen LogP contribution in [0.3, 0.4) is 0 Å². The van der Waals surface area contributed by atoms with E-state index in [1.54, 1.807) is 34.0 Å². The lowest BCUT2D eigenvalue weighted by Gasteiger charge is -2.30. The smallest absolute Gasteiger partial charge is 0.145 e. The Bertz CT molecular complexity index is 5670. The molecule has 0 spiro atoms. The molecule has 9 nitrogen and oxygen atoms in total. The van der Waals surface area contributed by atoms with Crippen molar-refractivity contribution in [3.05, 3.63) is 301 Å². The predicted molar refractivity (Wildman–Crippen MR) is 397 cm³/mol. The van der Waals surface area contributed by atoms with Crippen molar-refractivity contribution in [2.75, 3.05) is 0 Å². The summed E-state index contributed by atoms with van der Waals surface area (Å²) in [5.74, 6) is 2.68. The first-order chi connectivity index (χ1) is 47.2. The number of imidazole rings is 2. The molecule has 1 atom stereocenters. The highest BCUT2D eigenvalue weighted by atomic mass is 32.1. The second-order valence-electron chi connectivity index (χ2n) is 24.8. The molecule has 0 amide bonds. The van der Waals surface area contributed by atoms with Crippen molar-refractivity contribution >= 4 is 78.4 Å². The molecular formula is C84H58N8OS3. The van der Waals surface area contributed by atoms with Crippen molar-refractivity contribution in [3.63, 3.8) is 0 Å². The number of thiazole rings is 3. The average molecular weight is 1290 g/mol. The standard InChI is InChI=1S/C84H58N8OS3/c1-84(83-89-51-76(96-83)56-29-17-8-18-30-56)46-63(81-87-49-74(94-81)54-25-13-6-14-26-54)43-68-67-44-64(45-69(77(67)93-78(68)84)82-88-50-75(95-82)55-27-15-7-16-28-55)92-70-37-35-59(57-31-19-33-61(39-57)79-85-47-72(90(79)2)52-21-9-4-10-22-52)41-65(70)66-42-60(36-38-71(66)92)58-32-20-34-62(40-58)80-86-48-73(91(80)3)53-23-11-5-12-24-53/h4-45,47-51H,46H2,1-3H3. The van der Waals surface area contributed by atoms with Gasteiger partial charge in [-0.2, -0.15) is 0 Å². The number of hydrogen-bond donors (Lipinski definition) is 0. The third-order valence-corrected chi connectivity index (χ3v) is 22.4. The Morgan fingerprint density at radius 1 is 0.385 bits per heavy atom. The number of furan rings is 1. The molecule has 7 heterocycles. The molecule has 0 radical (unpaired) electrons. The summed E-state index contributed by atoms with van der Waals surface area (Å²) < 4.78 is 14.4. The van der Waals surface area contributed by atoms with E-state index < -0.39 is 5.41 Å². The van der Waals surface area contributed by atoms with Crippen LogP contribution in [0.4, 0.5) is 0 Å². The zero-order chi connectivity index (χ0) is 64.0. The summed E-state index contributed by atoms with van der Waals surface area (Å²) >= 11 is 5.14. The highest BCUT2D eigenvalue weighted by Gasteiger charge is 2.43. The molecule has 0 bridgehead atoms. The van der Waals surface area contributed by atoms with Crippen molar-refractivity contribution in [1.82, 2.24) is 38.6 Å². The van der Waals surface area contributed by atoms with Crippen LogP contribution in [0.1, 0.15) is 34.7 Å². The van der Waals surface area contributed by atoms with E-state index >= 15 is 0 Å². The van der Waals surface area contributed by atoms with Crippen molar-refractivity contribution in [2.45, 2.75) is 18.8 Å². The zero-order valence-corrected chi connectivity index (χ0v) is 55.0. The number of hydrogen-bond acceptors (Lipinski definition) is 9. The number of allylic oxidation sites excluding steroid dienone is 1. The van der Waals surface area contributed by atoms with Gasteiger partial charge in [0.1, 0.15) is 38.0 Å². The van der Waals surface area contributed by atoms with Crippen LogP contribution in [0.15, 0.2) is 284 Å². The molecule has 96 heavy (non-hydrogen) atoms. The molecule has 0 aliphatic heterocycles. The highest BCUT2D eigenvalue weighted by Crippen LogP contribution is 2.54. The van der Waals surface area contributed by atoms with Gasteiger partial charge >= 0.3 is 0 Å². The van der Waals surface area contributed by atoms with Crippen LogP contribution in [-0.4, -0.2) is 38.6 Å². The number of benzene rings is 10. The Hall–Kier alpha value is -11.4. The minimum Gasteiger partial charge on any atom is -0.459 e. The molecule has 12 heteroatoms. The number of fused-ring (bicyclic) bond motifs is 6. The normalized spacial score (nSPS) is 13.8. The monoisotopic (exact) mass is 1290 g/mol. The van der Waals surface area contributed by atoms with Crippen molar-refractivity contribution < 1.29 is 4.42 Å². The molecule has 0 fully saturated rings. The Balaban J connectivity index is 0.852. The Morgan fingerprint density at radius 2 is 0.823 bits per heavy atom. The Labute approximate surface area is 566 Å². The third kappa shape index (κ3) is 9.82. The summed E-state index contributed by atoms with van der Waals surface area (Å²) in [4.78, 5) is 29.1. The Kier molecular flexibility index (Phi) is 13.9. The van der Waals surface area contributed by atoms with Crippen molar-refractivity contribution in [3.8, 4) is 115 Å². The summed E-state index contributed by atoms with van der Waals surface area (Å²) in [6.07, 6.45) is 13.0. The van der Waals surface area contributed by atoms with Gasteiger partial charge in [-0.05, 0) is 124 Å². The predicted octanol–water partition coefficient (Wildman–Crippen LogP) is 22.3. The molecule has 0 saturated heterocycles. The summed E-state index contributed by atoms with van der Waals surface area (Å²) in [6, 6.07) is 88.7. The van der Waals surface area contributed by atoms with Crippen LogP contribution in [0.2, 0.25) is 0 Å². The minimum atomic E-state index is -0.681. The van der Waals surface area contributed by atoms with E-state index in [9.17, 15) is 0 Å². The maximum atomic E-state index is 7.61. The zero-order valence-electron chi connectivity index (χ0n) is 52.6. The van der Waals surface area contributed by atoms with Gasteiger partial charge in [0.2, 0.25) is 0 Å². The number of aromatic nitrogens is 8. The van der Waals surface area contributed by atoms with Crippen molar-refractivity contribution in [1.29, 1.82) is 0 Å². The third-order valence-electron chi connectivity index (χ3n) is 18.9. The fraction of sp³-hybridized carbons (Fsp3) is 0.0595. The van der Waals surface area contributed by atoms with Gasteiger partial charge in [0.05, 0.1) is 60.4 Å². The molecule has 10 aromatic carbocycles. The summed E-state index contributed by atoms with van der Waals surface area (Å²) in [5.41, 5.74) is 20.5. The van der Waals surface area contributed by atoms with Crippen LogP contribution in [0.25, 0.3) is 160 Å².